The van der Waals surface area contributed by atoms with E-state index in [1.807, 2.05) is 6.92 Å². The zero-order valence-corrected chi connectivity index (χ0v) is 10.8. The lowest BCUT2D eigenvalue weighted by Gasteiger charge is -2.13. The number of carbonyl (C=O) groups excluding carboxylic acids is 1. The van der Waals surface area contributed by atoms with Crippen LogP contribution in [0.1, 0.15) is 26.1 Å². The summed E-state index contributed by atoms with van der Waals surface area (Å²) in [4.78, 5) is 17.5. The summed E-state index contributed by atoms with van der Waals surface area (Å²) in [5.74, 6) is 0.918. The fraction of sp³-hybridized carbons (Fsp3) is 0.700. The molecule has 0 aliphatic rings. The molecule has 1 aromatic heterocycles. The Morgan fingerprint density at radius 1 is 1.50 bits per heavy atom. The van der Waals surface area contributed by atoms with Crippen LogP contribution in [0.3, 0.4) is 0 Å². The van der Waals surface area contributed by atoms with Crippen LogP contribution in [0.15, 0.2) is 0 Å². The average Bonchev–Trinajstić information content (AvgIpc) is 2.73. The number of rotatable bonds is 6. The second kappa shape index (κ2) is 6.42. The molecule has 16 heavy (non-hydrogen) atoms. The molecule has 1 amide bonds. The number of aromatic nitrogens is 2. The minimum atomic E-state index is 0.0646. The number of amides is 1. The van der Waals surface area contributed by atoms with Gasteiger partial charge in [-0.3, -0.25) is 4.79 Å². The Kier molecular flexibility index (Phi) is 5.18. The monoisotopic (exact) mass is 242 g/mol. The van der Waals surface area contributed by atoms with Crippen molar-refractivity contribution < 1.29 is 4.79 Å². The van der Waals surface area contributed by atoms with Gasteiger partial charge in [-0.2, -0.15) is 4.37 Å². The fourth-order valence-corrected chi connectivity index (χ4v) is 1.72. The number of nitrogens with one attached hydrogen (secondary N) is 1. The number of anilines is 1. The van der Waals surface area contributed by atoms with Gasteiger partial charge in [0.05, 0.1) is 6.54 Å². The van der Waals surface area contributed by atoms with E-state index < -0.39 is 0 Å². The number of hydrogen-bond acceptors (Lipinski definition) is 5. The van der Waals surface area contributed by atoms with E-state index in [2.05, 4.69) is 21.6 Å². The Hall–Kier alpha value is -1.17. The number of aryl methyl sites for hydroxylation is 1. The van der Waals surface area contributed by atoms with Crippen molar-refractivity contribution in [3.05, 3.63) is 5.82 Å². The summed E-state index contributed by atoms with van der Waals surface area (Å²) < 4.78 is 4.19. The first-order valence-corrected chi connectivity index (χ1v) is 6.25. The third kappa shape index (κ3) is 3.77. The van der Waals surface area contributed by atoms with Crippen LogP contribution in [-0.2, 0) is 11.2 Å². The first-order chi connectivity index (χ1) is 7.67. The van der Waals surface area contributed by atoms with Crippen LogP contribution in [0.25, 0.3) is 0 Å². The lowest BCUT2D eigenvalue weighted by molar-refractivity contribution is -0.127. The molecule has 5 nitrogen and oxygen atoms in total. The SMILES string of the molecule is CCCc1nsc(NCC(=O)N(C)CC)n1. The highest BCUT2D eigenvalue weighted by Crippen LogP contribution is 2.11. The van der Waals surface area contributed by atoms with Crippen LogP contribution in [0.4, 0.5) is 5.13 Å². The molecule has 0 saturated heterocycles. The van der Waals surface area contributed by atoms with Crippen LogP contribution in [-0.4, -0.2) is 40.3 Å². The van der Waals surface area contributed by atoms with Crippen molar-refractivity contribution >= 4 is 22.6 Å². The van der Waals surface area contributed by atoms with Gasteiger partial charge in [-0.1, -0.05) is 6.92 Å². The molecule has 0 unspecified atom stereocenters. The van der Waals surface area contributed by atoms with Gasteiger partial charge in [-0.05, 0) is 13.3 Å². The van der Waals surface area contributed by atoms with Crippen molar-refractivity contribution in [1.82, 2.24) is 14.3 Å². The predicted octanol–water partition coefficient (Wildman–Crippen LogP) is 1.38. The molecular formula is C10H18N4OS. The molecule has 1 N–H and O–H groups in total. The first-order valence-electron chi connectivity index (χ1n) is 5.47. The van der Waals surface area contributed by atoms with Gasteiger partial charge < -0.3 is 10.2 Å². The number of likely N-dealkylation sites (N-methyl/N-ethyl adjacent to an activating group) is 1. The Morgan fingerprint density at radius 2 is 2.25 bits per heavy atom. The van der Waals surface area contributed by atoms with Crippen LogP contribution in [0, 0.1) is 0 Å². The standard InChI is InChI=1S/C10H18N4OS/c1-4-6-8-12-10(16-13-8)11-7-9(15)14(3)5-2/h4-7H2,1-3H3,(H,11,12,13). The lowest BCUT2D eigenvalue weighted by atomic mass is 10.3. The molecule has 6 heteroatoms. The lowest BCUT2D eigenvalue weighted by Crippen LogP contribution is -2.31. The highest BCUT2D eigenvalue weighted by Gasteiger charge is 2.08. The van der Waals surface area contributed by atoms with E-state index in [0.717, 1.165) is 30.3 Å². The molecule has 0 aliphatic carbocycles. The summed E-state index contributed by atoms with van der Waals surface area (Å²) in [6, 6.07) is 0. The van der Waals surface area contributed by atoms with Gasteiger partial charge in [0.2, 0.25) is 11.0 Å². The highest BCUT2D eigenvalue weighted by atomic mass is 32.1. The van der Waals surface area contributed by atoms with Crippen molar-refractivity contribution in [2.75, 3.05) is 25.5 Å². The Bertz CT molecular complexity index is 339. The van der Waals surface area contributed by atoms with E-state index in [9.17, 15) is 4.79 Å². The van der Waals surface area contributed by atoms with Gasteiger partial charge in [0.25, 0.3) is 0 Å². The fourth-order valence-electron chi connectivity index (χ4n) is 1.11. The molecule has 90 valence electrons. The van der Waals surface area contributed by atoms with Crippen molar-refractivity contribution in [3.63, 3.8) is 0 Å². The molecule has 1 aromatic rings. The predicted molar refractivity (Wildman–Crippen MR) is 65.7 cm³/mol. The van der Waals surface area contributed by atoms with Crippen molar-refractivity contribution in [2.45, 2.75) is 26.7 Å². The van der Waals surface area contributed by atoms with Crippen LogP contribution in [0.2, 0.25) is 0 Å². The van der Waals surface area contributed by atoms with Gasteiger partial charge in [0.15, 0.2) is 0 Å². The number of nitrogens with zero attached hydrogens (tertiary/aromatic N) is 3. The number of hydrogen-bond donors (Lipinski definition) is 1. The second-order valence-corrected chi connectivity index (χ2v) is 4.28. The molecule has 1 rings (SSSR count). The summed E-state index contributed by atoms with van der Waals surface area (Å²) in [6.07, 6.45) is 1.93. The molecular weight excluding hydrogens is 224 g/mol. The minimum Gasteiger partial charge on any atom is -0.351 e. The largest absolute Gasteiger partial charge is 0.351 e. The van der Waals surface area contributed by atoms with Crippen molar-refractivity contribution in [3.8, 4) is 0 Å². The van der Waals surface area contributed by atoms with Crippen LogP contribution < -0.4 is 5.32 Å². The number of carbonyl (C=O) groups is 1. The zero-order valence-electron chi connectivity index (χ0n) is 9.99. The molecule has 0 aromatic carbocycles. The summed E-state index contributed by atoms with van der Waals surface area (Å²) >= 11 is 1.31. The van der Waals surface area contributed by atoms with Crippen molar-refractivity contribution in [2.24, 2.45) is 0 Å². The average molecular weight is 242 g/mol. The molecule has 0 radical (unpaired) electrons. The third-order valence-corrected chi connectivity index (χ3v) is 2.94. The van der Waals surface area contributed by atoms with E-state index in [4.69, 9.17) is 0 Å². The van der Waals surface area contributed by atoms with Gasteiger partial charge in [0.1, 0.15) is 5.82 Å². The van der Waals surface area contributed by atoms with E-state index >= 15 is 0 Å². The quantitative estimate of drug-likeness (QED) is 0.819. The van der Waals surface area contributed by atoms with Crippen molar-refractivity contribution in [1.29, 1.82) is 0 Å². The van der Waals surface area contributed by atoms with Crippen LogP contribution in [0.5, 0.6) is 0 Å². The molecule has 0 saturated carbocycles. The molecule has 0 fully saturated rings. The summed E-state index contributed by atoms with van der Waals surface area (Å²) in [6.45, 7) is 5.04. The zero-order chi connectivity index (χ0) is 12.0. The highest BCUT2D eigenvalue weighted by molar-refractivity contribution is 7.09. The second-order valence-electron chi connectivity index (χ2n) is 3.53. The van der Waals surface area contributed by atoms with Gasteiger partial charge in [0, 0.05) is 31.5 Å². The van der Waals surface area contributed by atoms with E-state index in [1.165, 1.54) is 11.5 Å². The maximum atomic E-state index is 11.5. The van der Waals surface area contributed by atoms with E-state index in [-0.39, 0.29) is 12.5 Å². The molecule has 0 atom stereocenters. The smallest absolute Gasteiger partial charge is 0.241 e. The van der Waals surface area contributed by atoms with Gasteiger partial charge >= 0.3 is 0 Å². The summed E-state index contributed by atoms with van der Waals surface area (Å²) in [5, 5.41) is 3.72. The Balaban J connectivity index is 2.39. The molecule has 1 heterocycles. The van der Waals surface area contributed by atoms with Gasteiger partial charge in [-0.25, -0.2) is 4.98 Å². The third-order valence-electron chi connectivity index (χ3n) is 2.23. The summed E-state index contributed by atoms with van der Waals surface area (Å²) in [7, 11) is 1.78. The maximum absolute atomic E-state index is 11.5. The minimum absolute atomic E-state index is 0.0646. The molecule has 0 aliphatic heterocycles. The first kappa shape index (κ1) is 12.9. The Morgan fingerprint density at radius 3 is 2.88 bits per heavy atom. The van der Waals surface area contributed by atoms with Gasteiger partial charge in [-0.15, -0.1) is 0 Å². The molecule has 0 spiro atoms. The van der Waals surface area contributed by atoms with E-state index in [1.54, 1.807) is 11.9 Å². The summed E-state index contributed by atoms with van der Waals surface area (Å²) in [5.41, 5.74) is 0. The maximum Gasteiger partial charge on any atom is 0.241 e. The Labute approximate surface area is 100 Å². The normalized spacial score (nSPS) is 10.2. The van der Waals surface area contributed by atoms with E-state index in [0.29, 0.717) is 0 Å². The van der Waals surface area contributed by atoms with Crippen LogP contribution >= 0.6 is 11.5 Å². The molecule has 0 bridgehead atoms. The topological polar surface area (TPSA) is 58.1 Å².